The van der Waals surface area contributed by atoms with E-state index in [1.807, 2.05) is 0 Å². The quantitative estimate of drug-likeness (QED) is 0.882. The number of carboxylic acid groups (broad SMARTS) is 1. The summed E-state index contributed by atoms with van der Waals surface area (Å²) in [4.78, 5) is 15.4. The zero-order valence-electron chi connectivity index (χ0n) is 10.4. The maximum absolute atomic E-state index is 11.3. The zero-order chi connectivity index (χ0) is 13.4. The first kappa shape index (κ1) is 11.9. The highest BCUT2D eigenvalue weighted by molar-refractivity contribution is 5.97. The first-order valence-corrected chi connectivity index (χ1v) is 5.95. The van der Waals surface area contributed by atoms with Crippen molar-refractivity contribution in [3.63, 3.8) is 0 Å². The van der Waals surface area contributed by atoms with Crippen LogP contribution in [0.15, 0.2) is 12.4 Å². The van der Waals surface area contributed by atoms with Gasteiger partial charge < -0.3 is 14.6 Å². The lowest BCUT2D eigenvalue weighted by atomic mass is 10.2. The number of aromatic nitrogens is 3. The minimum atomic E-state index is -1.06. The Morgan fingerprint density at radius 3 is 3.11 bits per heavy atom. The minimum Gasteiger partial charge on any atom is -0.486 e. The fraction of sp³-hybridized carbons (Fsp3) is 0.417. The summed E-state index contributed by atoms with van der Waals surface area (Å²) in [5.74, 6) is -0.742. The molecule has 1 unspecified atom stereocenters. The predicted molar refractivity (Wildman–Crippen MR) is 65.3 cm³/mol. The summed E-state index contributed by atoms with van der Waals surface area (Å²) in [5, 5.41) is 13.9. The highest BCUT2D eigenvalue weighted by Crippen LogP contribution is 2.30. The van der Waals surface area contributed by atoms with Gasteiger partial charge in [0.2, 0.25) is 0 Å². The Kier molecular flexibility index (Phi) is 2.83. The zero-order valence-corrected chi connectivity index (χ0v) is 10.4. The van der Waals surface area contributed by atoms with E-state index in [0.717, 1.165) is 6.42 Å². The normalized spacial score (nSPS) is 18.9. The Balaban J connectivity index is 2.10. The van der Waals surface area contributed by atoms with Gasteiger partial charge in [0.25, 0.3) is 0 Å². The van der Waals surface area contributed by atoms with E-state index in [1.54, 1.807) is 17.9 Å². The lowest BCUT2D eigenvalue weighted by molar-refractivity contribution is 0.0687. The molecule has 0 amide bonds. The molecule has 1 saturated heterocycles. The molecule has 3 rings (SSSR count). The van der Waals surface area contributed by atoms with E-state index >= 15 is 0 Å². The Hall–Kier alpha value is -2.15. The first-order valence-electron chi connectivity index (χ1n) is 5.95. The van der Waals surface area contributed by atoms with Gasteiger partial charge in [-0.05, 0) is 0 Å². The van der Waals surface area contributed by atoms with E-state index in [2.05, 4.69) is 10.1 Å². The van der Waals surface area contributed by atoms with Crippen molar-refractivity contribution in [2.75, 3.05) is 13.2 Å². The van der Waals surface area contributed by atoms with Crippen LogP contribution in [0.5, 0.6) is 5.75 Å². The molecule has 0 spiro atoms. The summed E-state index contributed by atoms with van der Waals surface area (Å²) in [6.45, 7) is 1.11. The molecule has 0 aliphatic carbocycles. The van der Waals surface area contributed by atoms with Crippen LogP contribution < -0.4 is 4.74 Å². The number of nitrogens with zero attached hydrogens (tertiary/aromatic N) is 3. The molecule has 2 aromatic rings. The number of aryl methyl sites for hydroxylation is 1. The third kappa shape index (κ3) is 2.01. The largest absolute Gasteiger partial charge is 0.486 e. The fourth-order valence-electron chi connectivity index (χ4n) is 2.13. The SMILES string of the molecule is Cn1ncc2c(OC3CCOC3)c(C(=O)O)cnc21. The van der Waals surface area contributed by atoms with Crippen LogP contribution in [-0.2, 0) is 11.8 Å². The second-order valence-corrected chi connectivity index (χ2v) is 4.42. The van der Waals surface area contributed by atoms with Crippen molar-refractivity contribution in [1.82, 2.24) is 14.8 Å². The monoisotopic (exact) mass is 263 g/mol. The maximum Gasteiger partial charge on any atom is 0.341 e. The molecule has 3 heterocycles. The fourth-order valence-corrected chi connectivity index (χ4v) is 2.13. The van der Waals surface area contributed by atoms with Crippen LogP contribution >= 0.6 is 0 Å². The number of aromatic carboxylic acids is 1. The second-order valence-electron chi connectivity index (χ2n) is 4.42. The average molecular weight is 263 g/mol. The summed E-state index contributed by atoms with van der Waals surface area (Å²) in [6, 6.07) is 0. The van der Waals surface area contributed by atoms with Crippen LogP contribution in [0.3, 0.4) is 0 Å². The molecule has 7 heteroatoms. The van der Waals surface area contributed by atoms with E-state index < -0.39 is 5.97 Å². The molecule has 19 heavy (non-hydrogen) atoms. The molecule has 1 fully saturated rings. The van der Waals surface area contributed by atoms with Gasteiger partial charge in [0.1, 0.15) is 17.4 Å². The van der Waals surface area contributed by atoms with Crippen LogP contribution in [0.2, 0.25) is 0 Å². The van der Waals surface area contributed by atoms with Crippen molar-refractivity contribution >= 4 is 17.0 Å². The van der Waals surface area contributed by atoms with Gasteiger partial charge in [0.05, 0.1) is 24.8 Å². The average Bonchev–Trinajstić information content (AvgIpc) is 3.00. The third-order valence-corrected chi connectivity index (χ3v) is 3.12. The summed E-state index contributed by atoms with van der Waals surface area (Å²) >= 11 is 0. The summed E-state index contributed by atoms with van der Waals surface area (Å²) in [6.07, 6.45) is 3.50. The standard InChI is InChI=1S/C12H13N3O4/c1-15-11-8(5-14-15)10(9(4-13-11)12(16)17)19-7-2-3-18-6-7/h4-5,7H,2-3,6H2,1H3,(H,16,17). The van der Waals surface area contributed by atoms with Crippen molar-refractivity contribution in [1.29, 1.82) is 0 Å². The topological polar surface area (TPSA) is 86.5 Å². The Bertz CT molecular complexity index is 631. The Morgan fingerprint density at radius 2 is 2.42 bits per heavy atom. The molecule has 7 nitrogen and oxygen atoms in total. The van der Waals surface area contributed by atoms with Gasteiger partial charge in [-0.15, -0.1) is 0 Å². The van der Waals surface area contributed by atoms with Crippen molar-refractivity contribution < 1.29 is 19.4 Å². The number of hydrogen-bond acceptors (Lipinski definition) is 5. The van der Waals surface area contributed by atoms with Crippen molar-refractivity contribution in [2.45, 2.75) is 12.5 Å². The van der Waals surface area contributed by atoms with E-state index in [-0.39, 0.29) is 11.7 Å². The molecule has 0 saturated carbocycles. The number of rotatable bonds is 3. The first-order chi connectivity index (χ1) is 9.16. The number of carboxylic acids is 1. The number of ether oxygens (including phenoxy) is 2. The molecule has 1 aliphatic rings. The molecule has 0 radical (unpaired) electrons. The van der Waals surface area contributed by atoms with Gasteiger partial charge in [-0.2, -0.15) is 5.10 Å². The molecule has 1 aliphatic heterocycles. The second kappa shape index (κ2) is 4.51. The Morgan fingerprint density at radius 1 is 1.58 bits per heavy atom. The van der Waals surface area contributed by atoms with Gasteiger partial charge in [0, 0.05) is 19.7 Å². The Labute approximate surface area is 108 Å². The molecule has 1 N–H and O–H groups in total. The van der Waals surface area contributed by atoms with Crippen LogP contribution in [0.4, 0.5) is 0 Å². The molecule has 100 valence electrons. The highest BCUT2D eigenvalue weighted by Gasteiger charge is 2.24. The van der Waals surface area contributed by atoms with E-state index in [1.165, 1.54) is 6.20 Å². The lowest BCUT2D eigenvalue weighted by Gasteiger charge is -2.14. The summed E-state index contributed by atoms with van der Waals surface area (Å²) in [7, 11) is 1.75. The number of carbonyl (C=O) groups is 1. The number of hydrogen-bond donors (Lipinski definition) is 1. The van der Waals surface area contributed by atoms with E-state index in [9.17, 15) is 9.90 Å². The van der Waals surface area contributed by atoms with Crippen LogP contribution in [0, 0.1) is 0 Å². The van der Waals surface area contributed by atoms with Crippen LogP contribution in [0.25, 0.3) is 11.0 Å². The molecular weight excluding hydrogens is 250 g/mol. The number of fused-ring (bicyclic) bond motifs is 1. The summed E-state index contributed by atoms with van der Waals surface area (Å²) < 4.78 is 12.6. The predicted octanol–water partition coefficient (Wildman–Crippen LogP) is 0.834. The molecule has 2 aromatic heterocycles. The highest BCUT2D eigenvalue weighted by atomic mass is 16.5. The van der Waals surface area contributed by atoms with Crippen molar-refractivity contribution in [3.05, 3.63) is 18.0 Å². The van der Waals surface area contributed by atoms with Crippen molar-refractivity contribution in [2.24, 2.45) is 7.05 Å². The minimum absolute atomic E-state index is 0.0485. The van der Waals surface area contributed by atoms with E-state index in [0.29, 0.717) is 30.0 Å². The lowest BCUT2D eigenvalue weighted by Crippen LogP contribution is -2.18. The molecular formula is C12H13N3O4. The maximum atomic E-state index is 11.3. The van der Waals surface area contributed by atoms with E-state index in [4.69, 9.17) is 9.47 Å². The van der Waals surface area contributed by atoms with Gasteiger partial charge >= 0.3 is 5.97 Å². The van der Waals surface area contributed by atoms with Crippen LogP contribution in [-0.4, -0.2) is 45.2 Å². The van der Waals surface area contributed by atoms with Gasteiger partial charge in [-0.1, -0.05) is 0 Å². The van der Waals surface area contributed by atoms with Crippen LogP contribution in [0.1, 0.15) is 16.8 Å². The third-order valence-electron chi connectivity index (χ3n) is 3.12. The van der Waals surface area contributed by atoms with Gasteiger partial charge in [-0.3, -0.25) is 4.68 Å². The van der Waals surface area contributed by atoms with Crippen molar-refractivity contribution in [3.8, 4) is 5.75 Å². The summed E-state index contributed by atoms with van der Waals surface area (Å²) in [5.41, 5.74) is 0.645. The van der Waals surface area contributed by atoms with Gasteiger partial charge in [-0.25, -0.2) is 9.78 Å². The van der Waals surface area contributed by atoms with Gasteiger partial charge in [0.15, 0.2) is 5.65 Å². The molecule has 0 aromatic carbocycles. The smallest absolute Gasteiger partial charge is 0.341 e. The molecule has 0 bridgehead atoms. The molecule has 1 atom stereocenters. The number of pyridine rings is 1.